The Labute approximate surface area is 154 Å². The van der Waals surface area contributed by atoms with E-state index in [0.29, 0.717) is 12.3 Å². The van der Waals surface area contributed by atoms with E-state index in [9.17, 15) is 4.79 Å². The summed E-state index contributed by atoms with van der Waals surface area (Å²) in [4.78, 5) is 12.0. The van der Waals surface area contributed by atoms with Crippen molar-refractivity contribution in [3.8, 4) is 0 Å². The van der Waals surface area contributed by atoms with Crippen molar-refractivity contribution < 1.29 is 9.21 Å². The first kappa shape index (κ1) is 17.7. The third-order valence-corrected chi connectivity index (χ3v) is 5.65. The predicted molar refractivity (Wildman–Crippen MR) is 100.0 cm³/mol. The molecular formula is C18H19N3O2S2. The minimum absolute atomic E-state index is 0.00381. The summed E-state index contributed by atoms with van der Waals surface area (Å²) < 4.78 is 6.41. The van der Waals surface area contributed by atoms with Gasteiger partial charge in [-0.2, -0.15) is 0 Å². The Balaban J connectivity index is 1.50. The van der Waals surface area contributed by atoms with Crippen molar-refractivity contribution in [1.29, 1.82) is 0 Å². The molecule has 0 saturated heterocycles. The highest BCUT2D eigenvalue weighted by Gasteiger charge is 2.17. The van der Waals surface area contributed by atoms with Gasteiger partial charge in [0.05, 0.1) is 12.0 Å². The zero-order chi connectivity index (χ0) is 17.5. The van der Waals surface area contributed by atoms with Gasteiger partial charge in [0.1, 0.15) is 10.8 Å². The summed E-state index contributed by atoms with van der Waals surface area (Å²) in [6, 6.07) is 14.1. The van der Waals surface area contributed by atoms with E-state index in [0.717, 1.165) is 21.5 Å². The van der Waals surface area contributed by atoms with Crippen LogP contribution in [0.1, 0.15) is 28.7 Å². The van der Waals surface area contributed by atoms with Crippen molar-refractivity contribution in [3.63, 3.8) is 0 Å². The molecule has 2 aromatic heterocycles. The molecule has 0 aliphatic rings. The van der Waals surface area contributed by atoms with Crippen LogP contribution >= 0.6 is 23.1 Å². The smallest absolute Gasteiger partial charge is 0.230 e. The highest BCUT2D eigenvalue weighted by atomic mass is 32.2. The van der Waals surface area contributed by atoms with Gasteiger partial charge in [0.25, 0.3) is 0 Å². The Morgan fingerprint density at radius 3 is 2.76 bits per heavy atom. The number of amides is 1. The number of nitrogens with zero attached hydrogens (tertiary/aromatic N) is 2. The monoisotopic (exact) mass is 373 g/mol. The van der Waals surface area contributed by atoms with Gasteiger partial charge in [-0.25, -0.2) is 0 Å². The Morgan fingerprint density at radius 2 is 2.08 bits per heavy atom. The van der Waals surface area contributed by atoms with Crippen LogP contribution < -0.4 is 5.32 Å². The van der Waals surface area contributed by atoms with Crippen molar-refractivity contribution >= 4 is 29.0 Å². The molecule has 3 rings (SSSR count). The maximum atomic E-state index is 12.0. The van der Waals surface area contributed by atoms with Crippen LogP contribution in [0.2, 0.25) is 0 Å². The van der Waals surface area contributed by atoms with Crippen molar-refractivity contribution in [1.82, 2.24) is 15.5 Å². The van der Waals surface area contributed by atoms with E-state index in [1.807, 2.05) is 37.3 Å². The van der Waals surface area contributed by atoms with E-state index in [-0.39, 0.29) is 11.8 Å². The number of nitrogens with one attached hydrogen (secondary N) is 1. The van der Waals surface area contributed by atoms with Crippen LogP contribution in [0.15, 0.2) is 57.5 Å². The molecule has 0 fully saturated rings. The molecule has 1 aromatic carbocycles. The molecule has 0 saturated carbocycles. The number of aromatic nitrogens is 2. The molecule has 0 aliphatic carbocycles. The summed E-state index contributed by atoms with van der Waals surface area (Å²) in [5.41, 5.74) is 1.19. The molecule has 3 aromatic rings. The maximum absolute atomic E-state index is 12.0. The Hall–Kier alpha value is -2.12. The predicted octanol–water partition coefficient (Wildman–Crippen LogP) is 3.87. The molecule has 25 heavy (non-hydrogen) atoms. The van der Waals surface area contributed by atoms with Crippen LogP contribution in [-0.2, 0) is 4.79 Å². The number of hydrogen-bond acceptors (Lipinski definition) is 6. The number of aryl methyl sites for hydroxylation is 1. The normalized spacial score (nSPS) is 12.0. The SMILES string of the molecule is Cc1nnc(SCC(=O)NCC[C@H](c2ccccc2)c2ccco2)s1. The second-order valence-electron chi connectivity index (χ2n) is 5.49. The van der Waals surface area contributed by atoms with E-state index in [1.54, 1.807) is 6.26 Å². The average molecular weight is 374 g/mol. The summed E-state index contributed by atoms with van der Waals surface area (Å²) in [6.45, 7) is 2.49. The Bertz CT molecular complexity index is 788. The van der Waals surface area contributed by atoms with Crippen LogP contribution in [0.4, 0.5) is 0 Å². The van der Waals surface area contributed by atoms with Gasteiger partial charge in [-0.3, -0.25) is 4.79 Å². The minimum atomic E-state index is 0.00381. The van der Waals surface area contributed by atoms with Crippen molar-refractivity contribution in [2.45, 2.75) is 23.6 Å². The first-order valence-corrected chi connectivity index (χ1v) is 9.80. The summed E-state index contributed by atoms with van der Waals surface area (Å²) >= 11 is 2.92. The molecule has 130 valence electrons. The molecule has 1 atom stereocenters. The average Bonchev–Trinajstić information content (AvgIpc) is 3.29. The fourth-order valence-corrected chi connectivity index (χ4v) is 4.16. The first-order chi connectivity index (χ1) is 12.2. The number of benzene rings is 1. The Kier molecular flexibility index (Phi) is 6.25. The number of thioether (sulfide) groups is 1. The van der Waals surface area contributed by atoms with Gasteiger partial charge >= 0.3 is 0 Å². The number of carbonyl (C=O) groups excluding carboxylic acids is 1. The summed E-state index contributed by atoms with van der Waals surface area (Å²) in [7, 11) is 0. The fourth-order valence-electron chi connectivity index (χ4n) is 2.52. The topological polar surface area (TPSA) is 68.0 Å². The zero-order valence-corrected chi connectivity index (χ0v) is 15.5. The highest BCUT2D eigenvalue weighted by Crippen LogP contribution is 2.28. The quantitative estimate of drug-likeness (QED) is 0.607. The number of rotatable bonds is 8. The molecule has 0 aliphatic heterocycles. The molecule has 1 N–H and O–H groups in total. The van der Waals surface area contributed by atoms with Crippen molar-refractivity contribution in [3.05, 3.63) is 65.1 Å². The molecular weight excluding hydrogens is 354 g/mol. The number of hydrogen-bond donors (Lipinski definition) is 1. The van der Waals surface area contributed by atoms with Gasteiger partial charge in [0.15, 0.2) is 4.34 Å². The summed E-state index contributed by atoms with van der Waals surface area (Å²) in [5, 5.41) is 11.8. The van der Waals surface area contributed by atoms with Gasteiger partial charge < -0.3 is 9.73 Å². The summed E-state index contributed by atoms with van der Waals surface area (Å²) in [5.74, 6) is 1.41. The lowest BCUT2D eigenvalue weighted by molar-refractivity contribution is -0.118. The molecule has 7 heteroatoms. The maximum Gasteiger partial charge on any atom is 0.230 e. The van der Waals surface area contributed by atoms with Gasteiger partial charge in [0.2, 0.25) is 5.91 Å². The molecule has 0 radical (unpaired) electrons. The van der Waals surface area contributed by atoms with E-state index >= 15 is 0 Å². The lowest BCUT2D eigenvalue weighted by atomic mass is 9.93. The fraction of sp³-hybridized carbons (Fsp3) is 0.278. The lowest BCUT2D eigenvalue weighted by Gasteiger charge is -2.15. The van der Waals surface area contributed by atoms with Gasteiger partial charge in [-0.15, -0.1) is 10.2 Å². The van der Waals surface area contributed by atoms with E-state index < -0.39 is 0 Å². The summed E-state index contributed by atoms with van der Waals surface area (Å²) in [6.07, 6.45) is 2.47. The van der Waals surface area contributed by atoms with Crippen molar-refractivity contribution in [2.24, 2.45) is 0 Å². The zero-order valence-electron chi connectivity index (χ0n) is 13.8. The standard InChI is InChI=1S/C18H19N3O2S2/c1-13-20-21-18(25-13)24-12-17(22)19-10-9-15(16-8-5-11-23-16)14-6-3-2-4-7-14/h2-8,11,15H,9-10,12H2,1H3,(H,19,22)/t15-/m1/s1. The van der Waals surface area contributed by atoms with Crippen LogP contribution in [0.3, 0.4) is 0 Å². The van der Waals surface area contributed by atoms with E-state index in [1.165, 1.54) is 28.7 Å². The van der Waals surface area contributed by atoms with Crippen LogP contribution in [-0.4, -0.2) is 28.4 Å². The number of carbonyl (C=O) groups is 1. The molecule has 2 heterocycles. The third-order valence-electron chi connectivity index (χ3n) is 3.68. The molecule has 1 amide bonds. The van der Waals surface area contributed by atoms with Crippen molar-refractivity contribution in [2.75, 3.05) is 12.3 Å². The second-order valence-corrected chi connectivity index (χ2v) is 7.90. The minimum Gasteiger partial charge on any atom is -0.469 e. The molecule has 0 spiro atoms. The van der Waals surface area contributed by atoms with Gasteiger partial charge in [-0.1, -0.05) is 53.4 Å². The first-order valence-electron chi connectivity index (χ1n) is 8.00. The Morgan fingerprint density at radius 1 is 1.24 bits per heavy atom. The molecule has 0 unspecified atom stereocenters. The molecule has 0 bridgehead atoms. The van der Waals surface area contributed by atoms with E-state index in [4.69, 9.17) is 4.42 Å². The van der Waals surface area contributed by atoms with Gasteiger partial charge in [-0.05, 0) is 31.0 Å². The van der Waals surface area contributed by atoms with Crippen LogP contribution in [0, 0.1) is 6.92 Å². The van der Waals surface area contributed by atoms with E-state index in [2.05, 4.69) is 27.6 Å². The van der Waals surface area contributed by atoms with Crippen LogP contribution in [0.25, 0.3) is 0 Å². The number of furan rings is 1. The largest absolute Gasteiger partial charge is 0.469 e. The lowest BCUT2D eigenvalue weighted by Crippen LogP contribution is -2.27. The van der Waals surface area contributed by atoms with Gasteiger partial charge in [0, 0.05) is 12.5 Å². The van der Waals surface area contributed by atoms with Crippen LogP contribution in [0.5, 0.6) is 0 Å². The third kappa shape index (κ3) is 5.17. The highest BCUT2D eigenvalue weighted by molar-refractivity contribution is 8.01. The molecule has 5 nitrogen and oxygen atoms in total. The second kappa shape index (κ2) is 8.82.